The number of nitrogens with zero attached hydrogens (tertiary/aromatic N) is 3. The molecule has 0 radical (unpaired) electrons. The van der Waals surface area contributed by atoms with Gasteiger partial charge in [-0.05, 0) is 17.7 Å². The quantitative estimate of drug-likeness (QED) is 0.846. The van der Waals surface area contributed by atoms with E-state index in [0.717, 1.165) is 12.2 Å². The van der Waals surface area contributed by atoms with Crippen molar-refractivity contribution in [3.63, 3.8) is 0 Å². The second-order valence-electron chi connectivity index (χ2n) is 5.55. The summed E-state index contributed by atoms with van der Waals surface area (Å²) in [5.41, 5.74) is 2.38. The van der Waals surface area contributed by atoms with E-state index in [9.17, 15) is 0 Å². The molecule has 1 fully saturated rings. The third-order valence-electron chi connectivity index (χ3n) is 4.02. The van der Waals surface area contributed by atoms with Crippen LogP contribution in [0.15, 0.2) is 59.7 Å². The summed E-state index contributed by atoms with van der Waals surface area (Å²) in [4.78, 5) is 12.0. The molecule has 0 saturated carbocycles. The summed E-state index contributed by atoms with van der Waals surface area (Å²) in [7, 11) is 0. The number of hydrogen-bond donors (Lipinski definition) is 0. The lowest BCUT2D eigenvalue weighted by Gasteiger charge is -2.27. The largest absolute Gasteiger partial charge is 0.341 e. The number of fused-ring (bicyclic) bond motifs is 1. The number of rotatable bonds is 2. The summed E-state index contributed by atoms with van der Waals surface area (Å²) in [6.07, 6.45) is 1.86. The number of benzene rings is 1. The minimum Gasteiger partial charge on any atom is -0.341 e. The van der Waals surface area contributed by atoms with Crippen LogP contribution in [0.2, 0.25) is 0 Å². The van der Waals surface area contributed by atoms with Gasteiger partial charge in [-0.25, -0.2) is 0 Å². The van der Waals surface area contributed by atoms with Gasteiger partial charge in [0.15, 0.2) is 5.17 Å². The first-order valence-corrected chi connectivity index (χ1v) is 8.18. The maximum absolute atomic E-state index is 4.97. The SMILES string of the molecule is C[C@@H]1CN2C(=N[C@@H](c3ccccn3)[C@H]2c2ccccc2)S1. The summed E-state index contributed by atoms with van der Waals surface area (Å²) in [5.74, 6) is 0. The Hall–Kier alpha value is -1.81. The van der Waals surface area contributed by atoms with Gasteiger partial charge < -0.3 is 4.90 Å². The Morgan fingerprint density at radius 3 is 2.67 bits per heavy atom. The summed E-state index contributed by atoms with van der Waals surface area (Å²) in [5, 5.41) is 1.78. The topological polar surface area (TPSA) is 28.5 Å². The van der Waals surface area contributed by atoms with Gasteiger partial charge in [-0.15, -0.1) is 0 Å². The lowest BCUT2D eigenvalue weighted by Crippen LogP contribution is -2.28. The first-order chi connectivity index (χ1) is 10.3. The Balaban J connectivity index is 1.77. The van der Waals surface area contributed by atoms with Gasteiger partial charge in [0.1, 0.15) is 6.04 Å². The predicted octanol–water partition coefficient (Wildman–Crippen LogP) is 3.67. The van der Waals surface area contributed by atoms with Gasteiger partial charge in [0.25, 0.3) is 0 Å². The monoisotopic (exact) mass is 295 g/mol. The molecule has 0 spiro atoms. The molecule has 3 atom stereocenters. The minimum atomic E-state index is 0.101. The van der Waals surface area contributed by atoms with Gasteiger partial charge in [-0.1, -0.05) is 55.1 Å². The zero-order chi connectivity index (χ0) is 14.2. The summed E-state index contributed by atoms with van der Waals surface area (Å²) in [6, 6.07) is 17.1. The fourth-order valence-corrected chi connectivity index (χ4v) is 4.22. The molecule has 106 valence electrons. The number of amidine groups is 1. The zero-order valence-corrected chi connectivity index (χ0v) is 12.7. The fraction of sp³-hybridized carbons (Fsp3) is 0.294. The Morgan fingerprint density at radius 2 is 1.90 bits per heavy atom. The second kappa shape index (κ2) is 5.19. The molecule has 4 rings (SSSR count). The van der Waals surface area contributed by atoms with Crippen LogP contribution in [0.1, 0.15) is 30.3 Å². The highest BCUT2D eigenvalue weighted by Gasteiger charge is 2.43. The molecular formula is C17H17N3S. The van der Waals surface area contributed by atoms with Crippen molar-refractivity contribution >= 4 is 16.9 Å². The third-order valence-corrected chi connectivity index (χ3v) is 5.12. The van der Waals surface area contributed by atoms with Crippen LogP contribution in [0.25, 0.3) is 0 Å². The van der Waals surface area contributed by atoms with Crippen molar-refractivity contribution < 1.29 is 0 Å². The van der Waals surface area contributed by atoms with Crippen molar-refractivity contribution in [2.24, 2.45) is 4.99 Å². The maximum atomic E-state index is 4.97. The first-order valence-electron chi connectivity index (χ1n) is 7.30. The van der Waals surface area contributed by atoms with Crippen molar-refractivity contribution in [1.82, 2.24) is 9.88 Å². The molecule has 2 aromatic rings. The van der Waals surface area contributed by atoms with E-state index < -0.39 is 0 Å². The maximum Gasteiger partial charge on any atom is 0.160 e. The highest BCUT2D eigenvalue weighted by molar-refractivity contribution is 8.14. The van der Waals surface area contributed by atoms with Crippen molar-refractivity contribution in [2.75, 3.05) is 6.54 Å². The zero-order valence-electron chi connectivity index (χ0n) is 11.9. The molecule has 2 aliphatic heterocycles. The normalized spacial score (nSPS) is 27.6. The summed E-state index contributed by atoms with van der Waals surface area (Å²) < 4.78 is 0. The molecule has 1 saturated heterocycles. The van der Waals surface area contributed by atoms with E-state index in [4.69, 9.17) is 4.99 Å². The predicted molar refractivity (Wildman–Crippen MR) is 87.4 cm³/mol. The van der Waals surface area contributed by atoms with E-state index in [1.807, 2.05) is 30.1 Å². The molecule has 21 heavy (non-hydrogen) atoms. The standard InChI is InChI=1S/C17H17N3S/c1-12-11-20-16(13-7-3-2-4-8-13)15(19-17(20)21-12)14-9-5-6-10-18-14/h2-10,12,15-16H,11H2,1H3/t12-,15+,16-/m1/s1. The van der Waals surface area contributed by atoms with E-state index >= 15 is 0 Å². The average Bonchev–Trinajstić information content (AvgIpc) is 3.05. The molecule has 0 amide bonds. The number of aliphatic imine (C=N–C) groups is 1. The number of aromatic nitrogens is 1. The average molecular weight is 295 g/mol. The van der Waals surface area contributed by atoms with E-state index in [1.165, 1.54) is 10.7 Å². The number of pyridine rings is 1. The number of hydrogen-bond acceptors (Lipinski definition) is 4. The fourth-order valence-electron chi connectivity index (χ4n) is 3.13. The lowest BCUT2D eigenvalue weighted by molar-refractivity contribution is 0.321. The van der Waals surface area contributed by atoms with Crippen molar-refractivity contribution in [3.8, 4) is 0 Å². The van der Waals surface area contributed by atoms with Crippen LogP contribution in [0.5, 0.6) is 0 Å². The van der Waals surface area contributed by atoms with E-state index in [2.05, 4.69) is 53.2 Å². The van der Waals surface area contributed by atoms with Crippen LogP contribution in [0.3, 0.4) is 0 Å². The van der Waals surface area contributed by atoms with Gasteiger partial charge in [-0.2, -0.15) is 0 Å². The molecule has 0 unspecified atom stereocenters. The summed E-state index contributed by atoms with van der Waals surface area (Å²) in [6.45, 7) is 3.33. The van der Waals surface area contributed by atoms with Gasteiger partial charge >= 0.3 is 0 Å². The van der Waals surface area contributed by atoms with Gasteiger partial charge in [0.05, 0.1) is 11.7 Å². The van der Waals surface area contributed by atoms with Gasteiger partial charge in [0, 0.05) is 18.0 Å². The van der Waals surface area contributed by atoms with Crippen molar-refractivity contribution in [1.29, 1.82) is 0 Å². The Labute approximate surface area is 129 Å². The molecular weight excluding hydrogens is 278 g/mol. The van der Waals surface area contributed by atoms with Crippen molar-refractivity contribution in [2.45, 2.75) is 24.3 Å². The van der Waals surface area contributed by atoms with Gasteiger partial charge in [0.2, 0.25) is 0 Å². The minimum absolute atomic E-state index is 0.101. The highest BCUT2D eigenvalue weighted by atomic mass is 32.2. The Morgan fingerprint density at radius 1 is 1.10 bits per heavy atom. The Bertz CT molecular complexity index is 656. The Kier molecular flexibility index (Phi) is 3.19. The molecule has 3 heterocycles. The van der Waals surface area contributed by atoms with Crippen LogP contribution in [0.4, 0.5) is 0 Å². The molecule has 3 nitrogen and oxygen atoms in total. The summed E-state index contributed by atoms with van der Waals surface area (Å²) >= 11 is 1.88. The van der Waals surface area contributed by atoms with Crippen molar-refractivity contribution in [3.05, 3.63) is 66.0 Å². The first kappa shape index (κ1) is 12.9. The lowest BCUT2D eigenvalue weighted by atomic mass is 9.96. The van der Waals surface area contributed by atoms with Gasteiger partial charge in [-0.3, -0.25) is 9.98 Å². The molecule has 1 aromatic heterocycles. The van der Waals surface area contributed by atoms with E-state index in [1.54, 1.807) is 0 Å². The van der Waals surface area contributed by atoms with Crippen LogP contribution in [-0.2, 0) is 0 Å². The number of thioether (sulfide) groups is 1. The molecule has 0 aliphatic carbocycles. The molecule has 2 aliphatic rings. The second-order valence-corrected chi connectivity index (χ2v) is 6.95. The molecule has 4 heteroatoms. The van der Waals surface area contributed by atoms with E-state index in [-0.39, 0.29) is 12.1 Å². The van der Waals surface area contributed by atoms with Crippen LogP contribution in [-0.4, -0.2) is 26.8 Å². The third kappa shape index (κ3) is 2.23. The van der Waals surface area contributed by atoms with Crippen LogP contribution in [0, 0.1) is 0 Å². The smallest absolute Gasteiger partial charge is 0.160 e. The van der Waals surface area contributed by atoms with E-state index in [0.29, 0.717) is 5.25 Å². The molecule has 0 N–H and O–H groups in total. The highest BCUT2D eigenvalue weighted by Crippen LogP contribution is 2.47. The molecule has 1 aromatic carbocycles. The molecule has 0 bridgehead atoms. The van der Waals surface area contributed by atoms with Crippen LogP contribution < -0.4 is 0 Å². The van der Waals surface area contributed by atoms with Crippen LogP contribution >= 0.6 is 11.8 Å².